The van der Waals surface area contributed by atoms with Crippen LogP contribution in [-0.4, -0.2) is 23.0 Å². The molecule has 0 aromatic heterocycles. The Morgan fingerprint density at radius 3 is 2.24 bits per heavy atom. The first-order chi connectivity index (χ1) is 16.4. The van der Waals surface area contributed by atoms with Crippen LogP contribution in [0.3, 0.4) is 0 Å². The summed E-state index contributed by atoms with van der Waals surface area (Å²) in [5.41, 5.74) is 2.84. The number of ether oxygens (including phenoxy) is 1. The predicted molar refractivity (Wildman–Crippen MR) is 137 cm³/mol. The second kappa shape index (κ2) is 11.0. The minimum atomic E-state index is -0.669. The molecule has 0 spiro atoms. The van der Waals surface area contributed by atoms with E-state index in [1.807, 2.05) is 53.4 Å². The maximum Gasteiger partial charge on any atom is 0.252 e. The molecule has 6 heteroatoms. The van der Waals surface area contributed by atoms with E-state index in [0.717, 1.165) is 34.0 Å². The van der Waals surface area contributed by atoms with Gasteiger partial charge in [-0.25, -0.2) is 4.39 Å². The number of rotatable bonds is 7. The zero-order valence-electron chi connectivity index (χ0n) is 19.3. The van der Waals surface area contributed by atoms with Crippen LogP contribution < -0.4 is 0 Å². The van der Waals surface area contributed by atoms with Gasteiger partial charge in [-0.05, 0) is 66.4 Å². The van der Waals surface area contributed by atoms with Gasteiger partial charge in [-0.15, -0.1) is 0 Å². The number of hydrogen-bond donors (Lipinski definition) is 0. The lowest BCUT2D eigenvalue weighted by atomic mass is 9.89. The largest absolute Gasteiger partial charge is 0.358 e. The minimum absolute atomic E-state index is 0.0283. The fourth-order valence-electron chi connectivity index (χ4n) is 4.69. The molecule has 1 heterocycles. The molecular formula is C28H28BrClFNO2. The Kier molecular flexibility index (Phi) is 8.07. The lowest BCUT2D eigenvalue weighted by Gasteiger charge is -2.47. The maximum absolute atomic E-state index is 13.9. The quantitative estimate of drug-likeness (QED) is 0.305. The van der Waals surface area contributed by atoms with Gasteiger partial charge in [0, 0.05) is 22.0 Å². The van der Waals surface area contributed by atoms with Crippen LogP contribution in [0.1, 0.15) is 55.5 Å². The summed E-state index contributed by atoms with van der Waals surface area (Å²) in [5, 5.41) is 0.648. The summed E-state index contributed by atoms with van der Waals surface area (Å²) < 4.78 is 21.0. The van der Waals surface area contributed by atoms with Crippen LogP contribution >= 0.6 is 27.5 Å². The van der Waals surface area contributed by atoms with Crippen molar-refractivity contribution in [1.29, 1.82) is 0 Å². The first kappa shape index (κ1) is 24.9. The molecule has 3 aromatic rings. The van der Waals surface area contributed by atoms with Gasteiger partial charge in [-0.3, -0.25) is 4.79 Å². The van der Waals surface area contributed by atoms with E-state index < -0.39 is 6.10 Å². The van der Waals surface area contributed by atoms with Crippen molar-refractivity contribution >= 4 is 33.4 Å². The van der Waals surface area contributed by atoms with E-state index in [9.17, 15) is 9.18 Å². The summed E-state index contributed by atoms with van der Waals surface area (Å²) in [5.74, 6) is -0.337. The van der Waals surface area contributed by atoms with Gasteiger partial charge < -0.3 is 9.64 Å². The van der Waals surface area contributed by atoms with Gasteiger partial charge in [-0.1, -0.05) is 77.3 Å². The highest BCUT2D eigenvalue weighted by Gasteiger charge is 2.45. The van der Waals surface area contributed by atoms with E-state index in [0.29, 0.717) is 11.4 Å². The van der Waals surface area contributed by atoms with Crippen LogP contribution in [0.4, 0.5) is 4.39 Å². The second-order valence-corrected chi connectivity index (χ2v) is 10.2. The number of morpholine rings is 1. The Morgan fingerprint density at radius 1 is 1.00 bits per heavy atom. The standard InChI is InChI=1S/C28H28BrClFNO2/c1-3-4-18(2)32-26(20-7-11-22(29)12-8-20)27(21-9-13-23(30)14-10-21)34-25(28(32)33)17-19-5-15-24(31)16-6-19/h5-16,18,25-27H,3-4,17H2,1-2H3/t18-,25+,26-,27+/m1/s1. The average Bonchev–Trinajstić information content (AvgIpc) is 2.83. The number of nitrogens with zero attached hydrogens (tertiary/aromatic N) is 1. The lowest BCUT2D eigenvalue weighted by Crippen LogP contribution is -2.54. The highest BCUT2D eigenvalue weighted by atomic mass is 79.9. The molecule has 1 amide bonds. The third-order valence-electron chi connectivity index (χ3n) is 6.35. The van der Waals surface area contributed by atoms with Gasteiger partial charge in [0.05, 0.1) is 6.04 Å². The van der Waals surface area contributed by atoms with Crippen molar-refractivity contribution in [2.24, 2.45) is 0 Å². The Hall–Kier alpha value is -2.21. The Morgan fingerprint density at radius 2 is 1.62 bits per heavy atom. The third kappa shape index (κ3) is 5.54. The molecule has 34 heavy (non-hydrogen) atoms. The first-order valence-corrected chi connectivity index (χ1v) is 12.8. The average molecular weight is 545 g/mol. The molecular weight excluding hydrogens is 517 g/mol. The zero-order chi connectivity index (χ0) is 24.2. The van der Waals surface area contributed by atoms with Crippen molar-refractivity contribution in [1.82, 2.24) is 4.90 Å². The monoisotopic (exact) mass is 543 g/mol. The molecule has 4 rings (SSSR count). The first-order valence-electron chi connectivity index (χ1n) is 11.6. The van der Waals surface area contributed by atoms with Crippen molar-refractivity contribution in [3.05, 3.63) is 105 Å². The molecule has 1 fully saturated rings. The molecule has 1 aliphatic heterocycles. The van der Waals surface area contributed by atoms with Crippen molar-refractivity contribution < 1.29 is 13.9 Å². The minimum Gasteiger partial charge on any atom is -0.358 e. The highest BCUT2D eigenvalue weighted by Crippen LogP contribution is 2.44. The topological polar surface area (TPSA) is 29.5 Å². The van der Waals surface area contributed by atoms with Gasteiger partial charge in [0.1, 0.15) is 18.0 Å². The van der Waals surface area contributed by atoms with Gasteiger partial charge in [-0.2, -0.15) is 0 Å². The van der Waals surface area contributed by atoms with E-state index in [2.05, 4.69) is 29.8 Å². The zero-order valence-corrected chi connectivity index (χ0v) is 21.6. The third-order valence-corrected chi connectivity index (χ3v) is 7.13. The van der Waals surface area contributed by atoms with Crippen LogP contribution in [0.2, 0.25) is 5.02 Å². The summed E-state index contributed by atoms with van der Waals surface area (Å²) in [6, 6.07) is 21.7. The summed E-state index contributed by atoms with van der Waals surface area (Å²) in [6.07, 6.45) is 1.19. The number of carbonyl (C=O) groups is 1. The summed E-state index contributed by atoms with van der Waals surface area (Å²) in [6.45, 7) is 4.23. The molecule has 1 aliphatic rings. The van der Waals surface area contributed by atoms with E-state index in [1.54, 1.807) is 12.1 Å². The van der Waals surface area contributed by atoms with E-state index >= 15 is 0 Å². The van der Waals surface area contributed by atoms with Crippen LogP contribution in [0, 0.1) is 5.82 Å². The number of hydrogen-bond acceptors (Lipinski definition) is 2. The SMILES string of the molecule is CCC[C@@H](C)N1C(=O)[C@H](Cc2ccc(F)cc2)O[C@@H](c2ccc(Cl)cc2)[C@H]1c1ccc(Br)cc1. The predicted octanol–water partition coefficient (Wildman–Crippen LogP) is 7.68. The molecule has 3 nitrogen and oxygen atoms in total. The molecule has 178 valence electrons. The van der Waals surface area contributed by atoms with E-state index in [1.165, 1.54) is 12.1 Å². The number of benzene rings is 3. The Balaban J connectivity index is 1.78. The molecule has 0 N–H and O–H groups in total. The van der Waals surface area contributed by atoms with Gasteiger partial charge in [0.15, 0.2) is 0 Å². The van der Waals surface area contributed by atoms with Crippen LogP contribution in [0.25, 0.3) is 0 Å². The molecule has 0 bridgehead atoms. The fraction of sp³-hybridized carbons (Fsp3) is 0.321. The Labute approximate surface area is 214 Å². The van der Waals surface area contributed by atoms with Gasteiger partial charge in [0.25, 0.3) is 5.91 Å². The van der Waals surface area contributed by atoms with E-state index in [-0.39, 0.29) is 29.9 Å². The fourth-order valence-corrected chi connectivity index (χ4v) is 5.08. The maximum atomic E-state index is 13.9. The molecule has 0 unspecified atom stereocenters. The highest BCUT2D eigenvalue weighted by molar-refractivity contribution is 9.10. The number of carbonyl (C=O) groups excluding carboxylic acids is 1. The van der Waals surface area contributed by atoms with Gasteiger partial charge >= 0.3 is 0 Å². The molecule has 3 aromatic carbocycles. The molecule has 0 aliphatic carbocycles. The van der Waals surface area contributed by atoms with Crippen molar-refractivity contribution in [2.75, 3.05) is 0 Å². The normalized spacial score (nSPS) is 21.5. The van der Waals surface area contributed by atoms with Gasteiger partial charge in [0.2, 0.25) is 0 Å². The summed E-state index contributed by atoms with van der Waals surface area (Å²) in [4.78, 5) is 15.9. The Bertz CT molecular complexity index is 1100. The van der Waals surface area contributed by atoms with Crippen LogP contribution in [-0.2, 0) is 16.0 Å². The van der Waals surface area contributed by atoms with Crippen molar-refractivity contribution in [3.8, 4) is 0 Å². The second-order valence-electron chi connectivity index (χ2n) is 8.81. The molecule has 4 atom stereocenters. The summed E-state index contributed by atoms with van der Waals surface area (Å²) >= 11 is 9.69. The number of amides is 1. The smallest absolute Gasteiger partial charge is 0.252 e. The van der Waals surface area contributed by atoms with E-state index in [4.69, 9.17) is 16.3 Å². The van der Waals surface area contributed by atoms with Crippen molar-refractivity contribution in [2.45, 2.75) is 57.4 Å². The lowest BCUT2D eigenvalue weighted by molar-refractivity contribution is -0.178. The summed E-state index contributed by atoms with van der Waals surface area (Å²) in [7, 11) is 0. The molecule has 0 radical (unpaired) electrons. The van der Waals surface area contributed by atoms with Crippen LogP contribution in [0.15, 0.2) is 77.3 Å². The molecule has 0 saturated carbocycles. The number of halogens is 3. The van der Waals surface area contributed by atoms with Crippen LogP contribution in [0.5, 0.6) is 0 Å². The molecule has 1 saturated heterocycles. The van der Waals surface area contributed by atoms with Crippen molar-refractivity contribution in [3.63, 3.8) is 0 Å².